The van der Waals surface area contributed by atoms with Crippen molar-refractivity contribution < 1.29 is 4.42 Å². The molecular weight excluding hydrogens is 377 g/mol. The van der Waals surface area contributed by atoms with Crippen molar-refractivity contribution in [1.82, 2.24) is 15.2 Å². The molecule has 124 valence electrons. The first-order chi connectivity index (χ1) is 12.2. The molecule has 0 atom stereocenters. The quantitative estimate of drug-likeness (QED) is 0.409. The average Bonchev–Trinajstić information content (AvgIpc) is 3.11. The molecule has 0 unspecified atom stereocenters. The predicted octanol–water partition coefficient (Wildman–Crippen LogP) is 5.88. The van der Waals surface area contributed by atoms with Crippen molar-refractivity contribution in [3.8, 4) is 11.5 Å². The number of thioether (sulfide) groups is 1. The van der Waals surface area contributed by atoms with Crippen molar-refractivity contribution in [3.63, 3.8) is 0 Å². The minimum atomic E-state index is 0.471. The third kappa shape index (κ3) is 3.49. The van der Waals surface area contributed by atoms with Gasteiger partial charge in [0, 0.05) is 32.9 Å². The Labute approximate surface area is 158 Å². The molecule has 0 aliphatic heterocycles. The summed E-state index contributed by atoms with van der Waals surface area (Å²) in [7, 11) is 0. The molecule has 0 radical (unpaired) electrons. The number of aromatic nitrogens is 3. The summed E-state index contributed by atoms with van der Waals surface area (Å²) in [6.45, 7) is 0. The van der Waals surface area contributed by atoms with Crippen molar-refractivity contribution in [3.05, 3.63) is 70.3 Å². The molecule has 25 heavy (non-hydrogen) atoms. The number of nitrogens with zero attached hydrogens (tertiary/aromatic N) is 3. The van der Waals surface area contributed by atoms with E-state index in [9.17, 15) is 0 Å². The first kappa shape index (κ1) is 16.4. The van der Waals surface area contributed by atoms with E-state index in [0.717, 1.165) is 22.0 Å². The van der Waals surface area contributed by atoms with Crippen molar-refractivity contribution in [1.29, 1.82) is 0 Å². The van der Waals surface area contributed by atoms with Crippen LogP contribution >= 0.6 is 35.0 Å². The summed E-state index contributed by atoms with van der Waals surface area (Å²) in [6, 6.07) is 15.0. The normalized spacial score (nSPS) is 11.1. The van der Waals surface area contributed by atoms with E-state index in [-0.39, 0.29) is 0 Å². The maximum Gasteiger partial charge on any atom is 0.277 e. The fourth-order valence-corrected chi connectivity index (χ4v) is 3.52. The van der Waals surface area contributed by atoms with Crippen LogP contribution in [0, 0.1) is 0 Å². The fourth-order valence-electron chi connectivity index (χ4n) is 2.43. The van der Waals surface area contributed by atoms with Crippen molar-refractivity contribution in [2.45, 2.75) is 11.0 Å². The maximum atomic E-state index is 6.23. The standard InChI is InChI=1S/C18H11Cl2N3OS/c19-13-6-3-11(4-7-13)17-22-23-18(24-17)25-10-12-5-8-15(20)14-2-1-9-21-16(12)14/h1-9H,10H2. The van der Waals surface area contributed by atoms with Gasteiger partial charge in [-0.3, -0.25) is 4.98 Å². The highest BCUT2D eigenvalue weighted by Crippen LogP contribution is 2.30. The zero-order valence-corrected chi connectivity index (χ0v) is 15.1. The van der Waals surface area contributed by atoms with Crippen molar-refractivity contribution in [2.75, 3.05) is 0 Å². The zero-order chi connectivity index (χ0) is 17.2. The molecule has 0 aliphatic rings. The van der Waals surface area contributed by atoms with Gasteiger partial charge in [0.05, 0.1) is 5.52 Å². The van der Waals surface area contributed by atoms with Gasteiger partial charge in [-0.05, 0) is 48.0 Å². The molecule has 4 aromatic rings. The number of pyridine rings is 1. The van der Waals surface area contributed by atoms with E-state index in [1.54, 1.807) is 18.3 Å². The highest BCUT2D eigenvalue weighted by Gasteiger charge is 2.11. The second kappa shape index (κ2) is 7.04. The van der Waals surface area contributed by atoms with Crippen molar-refractivity contribution >= 4 is 45.9 Å². The fraction of sp³-hybridized carbons (Fsp3) is 0.0556. The Morgan fingerprint density at radius 3 is 2.64 bits per heavy atom. The van der Waals surface area contributed by atoms with Gasteiger partial charge in [0.1, 0.15) is 0 Å². The number of hydrogen-bond donors (Lipinski definition) is 0. The average molecular weight is 388 g/mol. The van der Waals surface area contributed by atoms with Gasteiger partial charge < -0.3 is 4.42 Å². The number of halogens is 2. The van der Waals surface area contributed by atoms with E-state index in [2.05, 4.69) is 15.2 Å². The summed E-state index contributed by atoms with van der Waals surface area (Å²) in [5, 5.41) is 11.0. The topological polar surface area (TPSA) is 51.8 Å². The number of fused-ring (bicyclic) bond motifs is 1. The lowest BCUT2D eigenvalue weighted by molar-refractivity contribution is 0.466. The highest BCUT2D eigenvalue weighted by molar-refractivity contribution is 7.98. The maximum absolute atomic E-state index is 6.23. The Morgan fingerprint density at radius 1 is 0.960 bits per heavy atom. The molecule has 0 amide bonds. The number of rotatable bonds is 4. The molecule has 2 heterocycles. The molecule has 0 saturated heterocycles. The lowest BCUT2D eigenvalue weighted by Crippen LogP contribution is -1.88. The summed E-state index contributed by atoms with van der Waals surface area (Å²) in [5.41, 5.74) is 2.79. The summed E-state index contributed by atoms with van der Waals surface area (Å²) in [6.07, 6.45) is 1.76. The molecule has 2 aromatic carbocycles. The molecular formula is C18H11Cl2N3OS. The minimum absolute atomic E-state index is 0.471. The lowest BCUT2D eigenvalue weighted by Gasteiger charge is -2.05. The van der Waals surface area contributed by atoms with E-state index in [4.69, 9.17) is 27.6 Å². The second-order valence-corrected chi connectivity index (χ2v) is 7.04. The van der Waals surface area contributed by atoms with Crippen LogP contribution in [-0.2, 0) is 5.75 Å². The van der Waals surface area contributed by atoms with Crippen molar-refractivity contribution in [2.24, 2.45) is 0 Å². The first-order valence-corrected chi connectivity index (χ1v) is 9.19. The van der Waals surface area contributed by atoms with Gasteiger partial charge in [0.15, 0.2) is 0 Å². The van der Waals surface area contributed by atoms with Crippen LogP contribution in [0.15, 0.2) is 64.4 Å². The Morgan fingerprint density at radius 2 is 1.80 bits per heavy atom. The molecule has 2 aromatic heterocycles. The molecule has 0 aliphatic carbocycles. The molecule has 0 bridgehead atoms. The van der Waals surface area contributed by atoms with E-state index in [0.29, 0.717) is 26.9 Å². The van der Waals surface area contributed by atoms with Gasteiger partial charge in [-0.25, -0.2) is 0 Å². The third-order valence-corrected chi connectivity index (χ3v) is 5.10. The van der Waals surface area contributed by atoms with Crippen LogP contribution in [0.3, 0.4) is 0 Å². The Hall–Kier alpha value is -2.08. The van der Waals surface area contributed by atoms with E-state index in [1.807, 2.05) is 36.4 Å². The van der Waals surface area contributed by atoms with Crippen LogP contribution in [0.2, 0.25) is 10.0 Å². The van der Waals surface area contributed by atoms with Gasteiger partial charge >= 0.3 is 0 Å². The number of benzene rings is 2. The first-order valence-electron chi connectivity index (χ1n) is 7.45. The molecule has 7 heteroatoms. The van der Waals surface area contributed by atoms with Crippen LogP contribution in [0.5, 0.6) is 0 Å². The van der Waals surface area contributed by atoms with Gasteiger partial charge in [0.25, 0.3) is 5.22 Å². The SMILES string of the molecule is Clc1ccc(-c2nnc(SCc3ccc(Cl)c4cccnc34)o2)cc1. The lowest BCUT2D eigenvalue weighted by atomic mass is 10.1. The summed E-state index contributed by atoms with van der Waals surface area (Å²) >= 11 is 13.6. The summed E-state index contributed by atoms with van der Waals surface area (Å²) in [5.74, 6) is 1.13. The molecule has 4 rings (SSSR count). The molecule has 0 spiro atoms. The van der Waals surface area contributed by atoms with E-state index >= 15 is 0 Å². The second-order valence-electron chi connectivity index (χ2n) is 5.27. The largest absolute Gasteiger partial charge is 0.411 e. The summed E-state index contributed by atoms with van der Waals surface area (Å²) in [4.78, 5) is 4.44. The van der Waals surface area contributed by atoms with Gasteiger partial charge in [-0.15, -0.1) is 10.2 Å². The van der Waals surface area contributed by atoms with Gasteiger partial charge in [0.2, 0.25) is 5.89 Å². The molecule has 0 saturated carbocycles. The van der Waals surface area contributed by atoms with Gasteiger partial charge in [-0.2, -0.15) is 0 Å². The van der Waals surface area contributed by atoms with Crippen LogP contribution in [0.1, 0.15) is 5.56 Å². The molecule has 4 nitrogen and oxygen atoms in total. The van der Waals surface area contributed by atoms with E-state index in [1.165, 1.54) is 11.8 Å². The van der Waals surface area contributed by atoms with Crippen LogP contribution < -0.4 is 0 Å². The zero-order valence-electron chi connectivity index (χ0n) is 12.8. The smallest absolute Gasteiger partial charge is 0.277 e. The highest BCUT2D eigenvalue weighted by atomic mass is 35.5. The Balaban J connectivity index is 1.55. The Kier molecular flexibility index (Phi) is 4.61. The van der Waals surface area contributed by atoms with E-state index < -0.39 is 0 Å². The molecule has 0 fully saturated rings. The predicted molar refractivity (Wildman–Crippen MR) is 101 cm³/mol. The van der Waals surface area contributed by atoms with Crippen LogP contribution in [-0.4, -0.2) is 15.2 Å². The monoisotopic (exact) mass is 387 g/mol. The van der Waals surface area contributed by atoms with Crippen LogP contribution in [0.4, 0.5) is 0 Å². The third-order valence-electron chi connectivity index (χ3n) is 3.65. The Bertz CT molecular complexity index is 1030. The minimum Gasteiger partial charge on any atom is -0.411 e. The van der Waals surface area contributed by atoms with Crippen LogP contribution in [0.25, 0.3) is 22.4 Å². The van der Waals surface area contributed by atoms with Gasteiger partial charge in [-0.1, -0.05) is 41.0 Å². The summed E-state index contributed by atoms with van der Waals surface area (Å²) < 4.78 is 5.72. The molecule has 0 N–H and O–H groups in total. The number of hydrogen-bond acceptors (Lipinski definition) is 5.